The molecule has 0 saturated carbocycles. The lowest BCUT2D eigenvalue weighted by atomic mass is 10.1. The van der Waals surface area contributed by atoms with Crippen LogP contribution >= 0.6 is 27.7 Å². The second-order valence-electron chi connectivity index (χ2n) is 5.31. The molecule has 2 amide bonds. The molecule has 0 bridgehead atoms. The maximum atomic E-state index is 12.5. The average Bonchev–Trinajstić information content (AvgIpc) is 2.79. The van der Waals surface area contributed by atoms with Gasteiger partial charge in [-0.05, 0) is 48.0 Å². The third-order valence-corrected chi connectivity index (χ3v) is 4.94. The largest absolute Gasteiger partial charge is 0.293 e. The Hall–Kier alpha value is -1.85. The zero-order valence-corrected chi connectivity index (χ0v) is 14.9. The molecule has 3 nitrogen and oxygen atoms in total. The van der Waals surface area contributed by atoms with Crippen molar-refractivity contribution in [2.75, 3.05) is 0 Å². The molecule has 5 heteroatoms. The quantitative estimate of drug-likeness (QED) is 0.695. The van der Waals surface area contributed by atoms with E-state index in [1.54, 1.807) is 6.08 Å². The number of rotatable bonds is 3. The SMILES string of the molecule is Cc1ccc(CN2C(=O)S/C(=C\c3ccc(Br)cc3)C2=O)cc1. The van der Waals surface area contributed by atoms with E-state index in [1.165, 1.54) is 4.90 Å². The standard InChI is InChI=1S/C18H14BrNO2S/c1-12-2-4-14(5-3-12)11-20-17(21)16(23-18(20)22)10-13-6-8-15(19)9-7-13/h2-10H,11H2,1H3/b16-10-. The van der Waals surface area contributed by atoms with Crippen LogP contribution in [0.2, 0.25) is 0 Å². The van der Waals surface area contributed by atoms with E-state index in [0.29, 0.717) is 11.4 Å². The van der Waals surface area contributed by atoms with Crippen molar-refractivity contribution in [1.82, 2.24) is 4.90 Å². The van der Waals surface area contributed by atoms with Gasteiger partial charge in [0.05, 0.1) is 11.4 Å². The molecule has 1 aliphatic heterocycles. The molecule has 0 aliphatic carbocycles. The van der Waals surface area contributed by atoms with Crippen molar-refractivity contribution < 1.29 is 9.59 Å². The summed E-state index contributed by atoms with van der Waals surface area (Å²) < 4.78 is 0.974. The van der Waals surface area contributed by atoms with Crippen LogP contribution in [0.4, 0.5) is 4.79 Å². The molecule has 1 fully saturated rings. The number of carbonyl (C=O) groups excluding carboxylic acids is 2. The number of carbonyl (C=O) groups is 2. The number of hydrogen-bond donors (Lipinski definition) is 0. The number of nitrogens with zero attached hydrogens (tertiary/aromatic N) is 1. The van der Waals surface area contributed by atoms with Gasteiger partial charge < -0.3 is 0 Å². The first-order chi connectivity index (χ1) is 11.0. The lowest BCUT2D eigenvalue weighted by Gasteiger charge is -2.12. The smallest absolute Gasteiger partial charge is 0.268 e. The van der Waals surface area contributed by atoms with Gasteiger partial charge in [-0.25, -0.2) is 0 Å². The molecule has 1 heterocycles. The summed E-state index contributed by atoms with van der Waals surface area (Å²) in [4.78, 5) is 26.3. The van der Waals surface area contributed by atoms with Gasteiger partial charge in [0.15, 0.2) is 0 Å². The van der Waals surface area contributed by atoms with Crippen LogP contribution in [0.3, 0.4) is 0 Å². The first kappa shape index (κ1) is 16.0. The second-order valence-corrected chi connectivity index (χ2v) is 7.21. The molecule has 23 heavy (non-hydrogen) atoms. The molecule has 0 radical (unpaired) electrons. The van der Waals surface area contributed by atoms with Gasteiger partial charge in [0.1, 0.15) is 0 Å². The Labute approximate surface area is 147 Å². The molecule has 3 rings (SSSR count). The molecular weight excluding hydrogens is 374 g/mol. The van der Waals surface area contributed by atoms with E-state index < -0.39 is 0 Å². The summed E-state index contributed by atoms with van der Waals surface area (Å²) >= 11 is 4.37. The fourth-order valence-corrected chi connectivity index (χ4v) is 3.33. The van der Waals surface area contributed by atoms with Crippen molar-refractivity contribution in [2.45, 2.75) is 13.5 Å². The van der Waals surface area contributed by atoms with Gasteiger partial charge in [-0.2, -0.15) is 0 Å². The molecule has 0 spiro atoms. The highest BCUT2D eigenvalue weighted by Crippen LogP contribution is 2.33. The van der Waals surface area contributed by atoms with Gasteiger partial charge in [0, 0.05) is 4.47 Å². The molecule has 0 N–H and O–H groups in total. The van der Waals surface area contributed by atoms with Crippen molar-refractivity contribution in [3.8, 4) is 0 Å². The highest BCUT2D eigenvalue weighted by atomic mass is 79.9. The van der Waals surface area contributed by atoms with Crippen molar-refractivity contribution in [2.24, 2.45) is 0 Å². The number of halogens is 1. The Balaban J connectivity index is 1.79. The van der Waals surface area contributed by atoms with Crippen LogP contribution < -0.4 is 0 Å². The summed E-state index contributed by atoms with van der Waals surface area (Å²) in [6, 6.07) is 15.5. The Morgan fingerprint density at radius 2 is 1.70 bits per heavy atom. The van der Waals surface area contributed by atoms with Crippen LogP contribution in [0.25, 0.3) is 6.08 Å². The summed E-state index contributed by atoms with van der Waals surface area (Å²) in [5.41, 5.74) is 3.00. The molecule has 2 aromatic carbocycles. The zero-order chi connectivity index (χ0) is 16.4. The van der Waals surface area contributed by atoms with Gasteiger partial charge in [-0.15, -0.1) is 0 Å². The fraction of sp³-hybridized carbons (Fsp3) is 0.111. The van der Waals surface area contributed by atoms with Crippen molar-refractivity contribution >= 4 is 44.9 Å². The van der Waals surface area contributed by atoms with Crippen LogP contribution in [-0.2, 0) is 11.3 Å². The number of hydrogen-bond acceptors (Lipinski definition) is 3. The molecule has 1 saturated heterocycles. The Kier molecular flexibility index (Phi) is 4.68. The van der Waals surface area contributed by atoms with E-state index in [9.17, 15) is 9.59 Å². The molecule has 2 aromatic rings. The topological polar surface area (TPSA) is 37.4 Å². The third-order valence-electron chi connectivity index (χ3n) is 3.50. The average molecular weight is 388 g/mol. The predicted octanol–water partition coefficient (Wildman–Crippen LogP) is 4.99. The van der Waals surface area contributed by atoms with Crippen molar-refractivity contribution in [3.05, 3.63) is 74.6 Å². The molecule has 0 aromatic heterocycles. The minimum atomic E-state index is -0.233. The molecular formula is C18H14BrNO2S. The minimum Gasteiger partial charge on any atom is -0.268 e. The fourth-order valence-electron chi connectivity index (χ4n) is 2.22. The summed E-state index contributed by atoms with van der Waals surface area (Å²) in [7, 11) is 0. The first-order valence-corrected chi connectivity index (χ1v) is 8.70. The maximum Gasteiger partial charge on any atom is 0.293 e. The summed E-state index contributed by atoms with van der Waals surface area (Å²) in [5, 5.41) is -0.223. The van der Waals surface area contributed by atoms with Gasteiger partial charge >= 0.3 is 0 Å². The number of benzene rings is 2. The highest BCUT2D eigenvalue weighted by molar-refractivity contribution is 9.10. The van der Waals surface area contributed by atoms with E-state index in [-0.39, 0.29) is 11.1 Å². The summed E-state index contributed by atoms with van der Waals surface area (Å²) in [6.07, 6.45) is 1.76. The zero-order valence-electron chi connectivity index (χ0n) is 12.5. The molecule has 1 aliphatic rings. The lowest BCUT2D eigenvalue weighted by molar-refractivity contribution is -0.123. The van der Waals surface area contributed by atoms with E-state index in [1.807, 2.05) is 55.5 Å². The number of imide groups is 1. The maximum absolute atomic E-state index is 12.5. The van der Waals surface area contributed by atoms with Gasteiger partial charge in [0.25, 0.3) is 11.1 Å². The first-order valence-electron chi connectivity index (χ1n) is 7.09. The van der Waals surface area contributed by atoms with Gasteiger partial charge in [-0.3, -0.25) is 14.5 Å². The summed E-state index contributed by atoms with van der Waals surface area (Å²) in [5.74, 6) is -0.233. The van der Waals surface area contributed by atoms with Crippen LogP contribution in [0, 0.1) is 6.92 Å². The highest BCUT2D eigenvalue weighted by Gasteiger charge is 2.34. The predicted molar refractivity (Wildman–Crippen MR) is 96.8 cm³/mol. The normalized spacial score (nSPS) is 16.4. The third kappa shape index (κ3) is 3.74. The van der Waals surface area contributed by atoms with E-state index in [0.717, 1.165) is 32.9 Å². The van der Waals surface area contributed by atoms with E-state index >= 15 is 0 Å². The van der Waals surface area contributed by atoms with Gasteiger partial charge in [0.2, 0.25) is 0 Å². The van der Waals surface area contributed by atoms with E-state index in [2.05, 4.69) is 15.9 Å². The Morgan fingerprint density at radius 3 is 2.35 bits per heavy atom. The summed E-state index contributed by atoms with van der Waals surface area (Å²) in [6.45, 7) is 2.31. The van der Waals surface area contributed by atoms with Crippen LogP contribution in [0.1, 0.15) is 16.7 Å². The Bertz CT molecular complexity index is 782. The van der Waals surface area contributed by atoms with E-state index in [4.69, 9.17) is 0 Å². The monoisotopic (exact) mass is 387 g/mol. The number of thioether (sulfide) groups is 1. The van der Waals surface area contributed by atoms with Gasteiger partial charge in [-0.1, -0.05) is 57.9 Å². The van der Waals surface area contributed by atoms with Crippen molar-refractivity contribution in [1.29, 1.82) is 0 Å². The minimum absolute atomic E-state index is 0.223. The van der Waals surface area contributed by atoms with Crippen LogP contribution in [0.15, 0.2) is 57.9 Å². The number of aryl methyl sites for hydroxylation is 1. The Morgan fingerprint density at radius 1 is 1.04 bits per heavy atom. The molecule has 116 valence electrons. The number of amides is 2. The lowest BCUT2D eigenvalue weighted by Crippen LogP contribution is -2.27. The van der Waals surface area contributed by atoms with Crippen LogP contribution in [0.5, 0.6) is 0 Å². The molecule has 0 unspecified atom stereocenters. The second kappa shape index (κ2) is 6.72. The van der Waals surface area contributed by atoms with Crippen LogP contribution in [-0.4, -0.2) is 16.0 Å². The molecule has 0 atom stereocenters. The van der Waals surface area contributed by atoms with Crippen molar-refractivity contribution in [3.63, 3.8) is 0 Å².